The van der Waals surface area contributed by atoms with Gasteiger partial charge in [-0.1, -0.05) is 0 Å². The van der Waals surface area contributed by atoms with Crippen LogP contribution in [0.5, 0.6) is 0 Å². The van der Waals surface area contributed by atoms with Gasteiger partial charge < -0.3 is 10.4 Å². The highest BCUT2D eigenvalue weighted by Gasteiger charge is 2.34. The number of piperidine rings is 1. The standard InChI is InChI=1S/C15H20F3N3O2/c16-15(17,18)10-21-7-1-2-12(9-21)14(23)20-8-13(22)11-3-5-19-6-4-11/h3-6,12-13,22H,1-2,7-10H2,(H,20,23). The Bertz CT molecular complexity index is 510. The minimum Gasteiger partial charge on any atom is -0.387 e. The molecule has 23 heavy (non-hydrogen) atoms. The lowest BCUT2D eigenvalue weighted by atomic mass is 9.97. The molecule has 0 aromatic carbocycles. The molecule has 0 aliphatic carbocycles. The molecular weight excluding hydrogens is 311 g/mol. The Labute approximate surface area is 132 Å². The maximum Gasteiger partial charge on any atom is 0.401 e. The van der Waals surface area contributed by atoms with Gasteiger partial charge in [0.2, 0.25) is 5.91 Å². The molecule has 1 fully saturated rings. The van der Waals surface area contributed by atoms with Crippen molar-refractivity contribution < 1.29 is 23.1 Å². The Morgan fingerprint density at radius 3 is 2.78 bits per heavy atom. The summed E-state index contributed by atoms with van der Waals surface area (Å²) in [4.78, 5) is 17.2. The van der Waals surface area contributed by atoms with Gasteiger partial charge >= 0.3 is 6.18 Å². The van der Waals surface area contributed by atoms with Crippen molar-refractivity contribution >= 4 is 5.91 Å². The van der Waals surface area contributed by atoms with Crippen molar-refractivity contribution in [1.82, 2.24) is 15.2 Å². The number of likely N-dealkylation sites (tertiary alicyclic amines) is 1. The van der Waals surface area contributed by atoms with Crippen LogP contribution < -0.4 is 5.32 Å². The fraction of sp³-hybridized carbons (Fsp3) is 0.600. The number of hydrogen-bond acceptors (Lipinski definition) is 4. The van der Waals surface area contributed by atoms with Crippen LogP contribution >= 0.6 is 0 Å². The van der Waals surface area contributed by atoms with Crippen LogP contribution in [-0.4, -0.2) is 53.3 Å². The molecule has 0 spiro atoms. The zero-order valence-electron chi connectivity index (χ0n) is 12.6. The van der Waals surface area contributed by atoms with Gasteiger partial charge in [0.05, 0.1) is 18.6 Å². The number of carbonyl (C=O) groups excluding carboxylic acids is 1. The van der Waals surface area contributed by atoms with Crippen LogP contribution in [-0.2, 0) is 4.79 Å². The summed E-state index contributed by atoms with van der Waals surface area (Å²) in [6.07, 6.45) is -0.924. The van der Waals surface area contributed by atoms with E-state index in [1.165, 1.54) is 17.3 Å². The van der Waals surface area contributed by atoms with Crippen LogP contribution in [0.15, 0.2) is 24.5 Å². The first-order valence-corrected chi connectivity index (χ1v) is 7.50. The summed E-state index contributed by atoms with van der Waals surface area (Å²) in [5, 5.41) is 12.6. The fourth-order valence-corrected chi connectivity index (χ4v) is 2.71. The third-order valence-electron chi connectivity index (χ3n) is 3.84. The average molecular weight is 331 g/mol. The van der Waals surface area contributed by atoms with Crippen molar-refractivity contribution in [3.8, 4) is 0 Å². The van der Waals surface area contributed by atoms with Crippen LogP contribution in [0.25, 0.3) is 0 Å². The molecule has 2 N–H and O–H groups in total. The van der Waals surface area contributed by atoms with Gasteiger partial charge in [0.1, 0.15) is 0 Å². The molecule has 1 aliphatic heterocycles. The predicted molar refractivity (Wildman–Crippen MR) is 77.4 cm³/mol. The number of pyridine rings is 1. The van der Waals surface area contributed by atoms with Gasteiger partial charge in [-0.05, 0) is 37.1 Å². The summed E-state index contributed by atoms with van der Waals surface area (Å²) in [7, 11) is 0. The molecule has 2 heterocycles. The number of rotatable bonds is 5. The van der Waals surface area contributed by atoms with Crippen molar-refractivity contribution in [2.24, 2.45) is 5.92 Å². The van der Waals surface area contributed by atoms with E-state index >= 15 is 0 Å². The van der Waals surface area contributed by atoms with Crippen LogP contribution in [0.3, 0.4) is 0 Å². The van der Waals surface area contributed by atoms with Crippen molar-refractivity contribution in [3.63, 3.8) is 0 Å². The fourth-order valence-electron chi connectivity index (χ4n) is 2.71. The largest absolute Gasteiger partial charge is 0.401 e. The Hall–Kier alpha value is -1.67. The SMILES string of the molecule is O=C(NCC(O)c1ccncc1)C1CCCN(CC(F)(F)F)C1. The predicted octanol–water partition coefficient (Wildman–Crippen LogP) is 1.51. The van der Waals surface area contributed by atoms with Gasteiger partial charge in [-0.3, -0.25) is 14.7 Å². The molecule has 8 heteroatoms. The maximum absolute atomic E-state index is 12.4. The van der Waals surface area contributed by atoms with Gasteiger partial charge in [0.15, 0.2) is 0 Å². The van der Waals surface area contributed by atoms with Crippen molar-refractivity contribution in [3.05, 3.63) is 30.1 Å². The number of hydrogen-bond donors (Lipinski definition) is 2. The number of amides is 1. The lowest BCUT2D eigenvalue weighted by molar-refractivity contribution is -0.152. The molecule has 1 aromatic heterocycles. The van der Waals surface area contributed by atoms with Gasteiger partial charge in [0, 0.05) is 25.5 Å². The number of aliphatic hydroxyl groups excluding tert-OH is 1. The Balaban J connectivity index is 1.81. The van der Waals surface area contributed by atoms with Gasteiger partial charge in [-0.2, -0.15) is 13.2 Å². The minimum absolute atomic E-state index is 0.0264. The first kappa shape index (κ1) is 17.7. The molecule has 2 rings (SSSR count). The van der Waals surface area contributed by atoms with E-state index in [4.69, 9.17) is 0 Å². The van der Waals surface area contributed by atoms with E-state index in [1.807, 2.05) is 0 Å². The quantitative estimate of drug-likeness (QED) is 0.858. The lowest BCUT2D eigenvalue weighted by Gasteiger charge is -2.32. The highest BCUT2D eigenvalue weighted by molar-refractivity contribution is 5.79. The van der Waals surface area contributed by atoms with Crippen LogP contribution in [0, 0.1) is 5.92 Å². The number of alkyl halides is 3. The Morgan fingerprint density at radius 1 is 1.43 bits per heavy atom. The highest BCUT2D eigenvalue weighted by atomic mass is 19.4. The zero-order valence-corrected chi connectivity index (χ0v) is 12.6. The number of halogens is 3. The monoisotopic (exact) mass is 331 g/mol. The summed E-state index contributed by atoms with van der Waals surface area (Å²) in [6.45, 7) is -0.519. The number of nitrogens with zero attached hydrogens (tertiary/aromatic N) is 2. The molecule has 5 nitrogen and oxygen atoms in total. The minimum atomic E-state index is -4.25. The third kappa shape index (κ3) is 5.80. The number of aromatic nitrogens is 1. The normalized spacial score (nSPS) is 21.0. The first-order chi connectivity index (χ1) is 10.8. The van der Waals surface area contributed by atoms with Gasteiger partial charge in [-0.25, -0.2) is 0 Å². The molecule has 1 aromatic rings. The summed E-state index contributed by atoms with van der Waals surface area (Å²) in [6, 6.07) is 3.28. The molecular formula is C15H20F3N3O2. The summed E-state index contributed by atoms with van der Waals surface area (Å²) >= 11 is 0. The van der Waals surface area contributed by atoms with E-state index in [1.54, 1.807) is 12.1 Å². The maximum atomic E-state index is 12.4. The van der Waals surface area contributed by atoms with E-state index in [0.29, 0.717) is 24.9 Å². The zero-order chi connectivity index (χ0) is 16.9. The van der Waals surface area contributed by atoms with E-state index in [2.05, 4.69) is 10.3 Å². The Kier molecular flexibility index (Phi) is 5.95. The molecule has 1 amide bonds. The number of nitrogens with one attached hydrogen (secondary N) is 1. The molecule has 0 bridgehead atoms. The van der Waals surface area contributed by atoms with E-state index in [-0.39, 0.29) is 19.0 Å². The van der Waals surface area contributed by atoms with Crippen LogP contribution in [0.4, 0.5) is 13.2 Å². The van der Waals surface area contributed by atoms with Crippen molar-refractivity contribution in [2.45, 2.75) is 25.1 Å². The summed E-state index contributed by atoms with van der Waals surface area (Å²) in [5.41, 5.74) is 0.627. The van der Waals surface area contributed by atoms with E-state index in [0.717, 1.165) is 0 Å². The topological polar surface area (TPSA) is 65.5 Å². The lowest BCUT2D eigenvalue weighted by Crippen LogP contribution is -2.46. The second kappa shape index (κ2) is 7.74. The van der Waals surface area contributed by atoms with Crippen LogP contribution in [0.1, 0.15) is 24.5 Å². The molecule has 1 aliphatic rings. The third-order valence-corrected chi connectivity index (χ3v) is 3.84. The molecule has 2 unspecified atom stereocenters. The molecule has 0 radical (unpaired) electrons. The summed E-state index contributed by atoms with van der Waals surface area (Å²) < 4.78 is 37.3. The van der Waals surface area contributed by atoms with Crippen molar-refractivity contribution in [1.29, 1.82) is 0 Å². The molecule has 128 valence electrons. The van der Waals surface area contributed by atoms with E-state index in [9.17, 15) is 23.1 Å². The molecule has 2 atom stereocenters. The number of carbonyl (C=O) groups is 1. The second-order valence-electron chi connectivity index (χ2n) is 5.73. The highest BCUT2D eigenvalue weighted by Crippen LogP contribution is 2.22. The van der Waals surface area contributed by atoms with Crippen molar-refractivity contribution in [2.75, 3.05) is 26.2 Å². The second-order valence-corrected chi connectivity index (χ2v) is 5.73. The van der Waals surface area contributed by atoms with Gasteiger partial charge in [0.25, 0.3) is 0 Å². The van der Waals surface area contributed by atoms with Crippen LogP contribution in [0.2, 0.25) is 0 Å². The van der Waals surface area contributed by atoms with Gasteiger partial charge in [-0.15, -0.1) is 0 Å². The molecule has 1 saturated heterocycles. The van der Waals surface area contributed by atoms with E-state index < -0.39 is 24.7 Å². The Morgan fingerprint density at radius 2 is 2.13 bits per heavy atom. The molecule has 0 saturated carbocycles. The summed E-state index contributed by atoms with van der Waals surface area (Å²) in [5.74, 6) is -0.791. The average Bonchev–Trinajstić information content (AvgIpc) is 2.51. The smallest absolute Gasteiger partial charge is 0.387 e. The first-order valence-electron chi connectivity index (χ1n) is 7.50. The number of aliphatic hydroxyl groups is 1.